The van der Waals surface area contributed by atoms with Crippen LogP contribution in [0.15, 0.2) is 36.5 Å². The second-order valence-corrected chi connectivity index (χ2v) is 7.86. The van der Waals surface area contributed by atoms with Crippen molar-refractivity contribution in [3.05, 3.63) is 47.9 Å². The van der Waals surface area contributed by atoms with Crippen molar-refractivity contribution in [2.45, 2.75) is 38.3 Å². The predicted molar refractivity (Wildman–Crippen MR) is 109 cm³/mol. The summed E-state index contributed by atoms with van der Waals surface area (Å²) in [5.74, 6) is 2.11. The van der Waals surface area contributed by atoms with Crippen LogP contribution in [0.2, 0.25) is 0 Å². The van der Waals surface area contributed by atoms with Gasteiger partial charge in [-0.3, -0.25) is 9.69 Å². The Morgan fingerprint density at radius 2 is 2.04 bits per heavy atom. The maximum Gasteiger partial charge on any atom is 0.232 e. The molecule has 7 heteroatoms. The van der Waals surface area contributed by atoms with Crippen LogP contribution < -0.4 is 10.5 Å². The van der Waals surface area contributed by atoms with E-state index < -0.39 is 5.41 Å². The molecule has 1 aliphatic heterocycles. The molecule has 28 heavy (non-hydrogen) atoms. The number of nitrogen functional groups attached to an aromatic ring is 1. The monoisotopic (exact) mass is 383 g/mol. The van der Waals surface area contributed by atoms with Gasteiger partial charge >= 0.3 is 0 Å². The van der Waals surface area contributed by atoms with Crippen LogP contribution >= 0.6 is 0 Å². The Labute approximate surface area is 166 Å². The maximum absolute atomic E-state index is 13.2. The number of hydrogen-bond donors (Lipinski definition) is 1. The number of nitrogens with zero attached hydrogens (tertiary/aromatic N) is 4. The molecular weight excluding hydrogens is 354 g/mol. The van der Waals surface area contributed by atoms with Crippen LogP contribution in [0.4, 0.5) is 5.82 Å². The first kappa shape index (κ1) is 20.1. The van der Waals surface area contributed by atoms with Crippen LogP contribution in [0, 0.1) is 0 Å². The molecule has 2 heterocycles. The van der Waals surface area contributed by atoms with Gasteiger partial charge in [0.2, 0.25) is 5.91 Å². The Morgan fingerprint density at radius 3 is 2.68 bits per heavy atom. The van der Waals surface area contributed by atoms with Crippen molar-refractivity contribution >= 4 is 11.7 Å². The Hall–Kier alpha value is -2.67. The number of benzene rings is 1. The van der Waals surface area contributed by atoms with Gasteiger partial charge in [0.25, 0.3) is 0 Å². The lowest BCUT2D eigenvalue weighted by Crippen LogP contribution is -2.44. The van der Waals surface area contributed by atoms with Gasteiger partial charge in [-0.2, -0.15) is 0 Å². The van der Waals surface area contributed by atoms with Gasteiger partial charge in [0.05, 0.1) is 19.1 Å². The third-order valence-electron chi connectivity index (χ3n) is 5.54. The highest BCUT2D eigenvalue weighted by Crippen LogP contribution is 2.29. The normalized spacial score (nSPS) is 17.2. The highest BCUT2D eigenvalue weighted by Gasteiger charge is 2.38. The number of likely N-dealkylation sites (tertiary alicyclic amines) is 1. The van der Waals surface area contributed by atoms with Crippen molar-refractivity contribution < 1.29 is 9.53 Å². The average molecular weight is 383 g/mol. The molecular formula is C21H29N5O2. The first-order valence-corrected chi connectivity index (χ1v) is 9.53. The van der Waals surface area contributed by atoms with E-state index in [2.05, 4.69) is 14.9 Å². The van der Waals surface area contributed by atoms with Crippen molar-refractivity contribution in [2.75, 3.05) is 33.0 Å². The molecule has 2 N–H and O–H groups in total. The van der Waals surface area contributed by atoms with Gasteiger partial charge in [0, 0.05) is 25.3 Å². The zero-order valence-electron chi connectivity index (χ0n) is 17.1. The van der Waals surface area contributed by atoms with E-state index in [0.29, 0.717) is 24.7 Å². The molecule has 0 unspecified atom stereocenters. The summed E-state index contributed by atoms with van der Waals surface area (Å²) in [6, 6.07) is 9.69. The zero-order chi connectivity index (χ0) is 20.3. The van der Waals surface area contributed by atoms with Crippen molar-refractivity contribution in [1.82, 2.24) is 19.8 Å². The molecule has 0 bridgehead atoms. The quantitative estimate of drug-likeness (QED) is 0.822. The molecule has 150 valence electrons. The van der Waals surface area contributed by atoms with Gasteiger partial charge in [-0.15, -0.1) is 0 Å². The third kappa shape index (κ3) is 4.25. The highest BCUT2D eigenvalue weighted by molar-refractivity contribution is 5.87. The number of carbonyl (C=O) groups excluding carboxylic acids is 1. The summed E-state index contributed by atoms with van der Waals surface area (Å²) in [5.41, 5.74) is 6.14. The lowest BCUT2D eigenvalue weighted by Gasteiger charge is -2.30. The van der Waals surface area contributed by atoms with Crippen molar-refractivity contribution in [3.63, 3.8) is 0 Å². The molecule has 1 aromatic heterocycles. The van der Waals surface area contributed by atoms with E-state index in [0.717, 1.165) is 24.3 Å². The third-order valence-corrected chi connectivity index (χ3v) is 5.54. The van der Waals surface area contributed by atoms with Gasteiger partial charge in [-0.05, 0) is 51.1 Å². The maximum atomic E-state index is 13.2. The minimum Gasteiger partial charge on any atom is -0.497 e. The fraction of sp³-hybridized carbons (Fsp3) is 0.476. The zero-order valence-corrected chi connectivity index (χ0v) is 17.1. The lowest BCUT2D eigenvalue weighted by atomic mass is 9.83. The van der Waals surface area contributed by atoms with Gasteiger partial charge in [0.15, 0.2) is 0 Å². The summed E-state index contributed by atoms with van der Waals surface area (Å²) in [7, 11) is 3.68. The smallest absolute Gasteiger partial charge is 0.232 e. The molecule has 3 rings (SSSR count). The van der Waals surface area contributed by atoms with E-state index >= 15 is 0 Å². The second-order valence-electron chi connectivity index (χ2n) is 7.86. The van der Waals surface area contributed by atoms with E-state index in [1.807, 2.05) is 50.1 Å². The molecule has 7 nitrogen and oxygen atoms in total. The van der Waals surface area contributed by atoms with Gasteiger partial charge in [-0.1, -0.05) is 12.1 Å². The fourth-order valence-electron chi connectivity index (χ4n) is 3.66. The van der Waals surface area contributed by atoms with E-state index in [9.17, 15) is 4.79 Å². The Kier molecular flexibility index (Phi) is 5.84. The van der Waals surface area contributed by atoms with Crippen LogP contribution in [-0.4, -0.2) is 59.0 Å². The van der Waals surface area contributed by atoms with Gasteiger partial charge in [0.1, 0.15) is 17.4 Å². The molecule has 0 radical (unpaired) electrons. The first-order chi connectivity index (χ1) is 13.3. The molecule has 0 spiro atoms. The SMILES string of the molecule is COc1ccc(C(C)(C)C(=O)N2CC[C@H](N(C)Cc3nccc(N)n3)C2)cc1. The van der Waals surface area contributed by atoms with Crippen molar-refractivity contribution in [3.8, 4) is 5.75 Å². The number of rotatable bonds is 6. The van der Waals surface area contributed by atoms with Crippen molar-refractivity contribution in [2.24, 2.45) is 0 Å². The fourth-order valence-corrected chi connectivity index (χ4v) is 3.66. The summed E-state index contributed by atoms with van der Waals surface area (Å²) >= 11 is 0. The first-order valence-electron chi connectivity index (χ1n) is 9.53. The van der Waals surface area contributed by atoms with Crippen molar-refractivity contribution in [1.29, 1.82) is 0 Å². The Morgan fingerprint density at radius 1 is 1.32 bits per heavy atom. The topological polar surface area (TPSA) is 84.6 Å². The molecule has 1 fully saturated rings. The van der Waals surface area contributed by atoms with Crippen LogP contribution in [0.5, 0.6) is 5.75 Å². The largest absolute Gasteiger partial charge is 0.497 e. The number of anilines is 1. The van der Waals surface area contributed by atoms with Crippen LogP contribution in [-0.2, 0) is 16.8 Å². The summed E-state index contributed by atoms with van der Waals surface area (Å²) in [4.78, 5) is 25.9. The second kappa shape index (κ2) is 8.14. The van der Waals surface area contributed by atoms with Crippen LogP contribution in [0.25, 0.3) is 0 Å². The summed E-state index contributed by atoms with van der Waals surface area (Å²) < 4.78 is 5.22. The average Bonchev–Trinajstić information content (AvgIpc) is 3.17. The number of ether oxygens (including phenoxy) is 1. The van der Waals surface area contributed by atoms with Crippen LogP contribution in [0.1, 0.15) is 31.7 Å². The molecule has 1 atom stereocenters. The number of hydrogen-bond acceptors (Lipinski definition) is 6. The molecule has 2 aromatic rings. The Balaban J connectivity index is 1.63. The minimum absolute atomic E-state index is 0.147. The summed E-state index contributed by atoms with van der Waals surface area (Å²) in [6.07, 6.45) is 2.61. The molecule has 1 aliphatic rings. The lowest BCUT2D eigenvalue weighted by molar-refractivity contribution is -0.135. The number of nitrogens with two attached hydrogens (primary N) is 1. The highest BCUT2D eigenvalue weighted by atomic mass is 16.5. The van der Waals surface area contributed by atoms with E-state index in [1.54, 1.807) is 19.4 Å². The van der Waals surface area contributed by atoms with E-state index in [1.165, 1.54) is 0 Å². The number of methoxy groups -OCH3 is 1. The standard InChI is InChI=1S/C21H29N5O2/c1-21(2,15-5-7-17(28-4)8-6-15)20(27)26-12-10-16(13-26)25(3)14-19-23-11-9-18(22)24-19/h5-9,11,16H,10,12-14H2,1-4H3,(H2,22,23,24)/t16-/m0/s1. The summed E-state index contributed by atoms with van der Waals surface area (Å²) in [5, 5.41) is 0. The molecule has 1 aromatic carbocycles. The van der Waals surface area contributed by atoms with Gasteiger partial charge in [-0.25, -0.2) is 9.97 Å². The number of aromatic nitrogens is 2. The van der Waals surface area contributed by atoms with E-state index in [-0.39, 0.29) is 11.9 Å². The number of amides is 1. The molecule has 0 saturated carbocycles. The molecule has 0 aliphatic carbocycles. The minimum atomic E-state index is -0.587. The van der Waals surface area contributed by atoms with Crippen LogP contribution in [0.3, 0.4) is 0 Å². The molecule has 1 amide bonds. The number of likely N-dealkylation sites (N-methyl/N-ethyl adjacent to an activating group) is 1. The van der Waals surface area contributed by atoms with E-state index in [4.69, 9.17) is 10.5 Å². The number of carbonyl (C=O) groups is 1. The Bertz CT molecular complexity index is 822. The molecule has 1 saturated heterocycles. The van der Waals surface area contributed by atoms with Gasteiger partial charge < -0.3 is 15.4 Å². The summed E-state index contributed by atoms with van der Waals surface area (Å²) in [6.45, 7) is 6.03. The predicted octanol–water partition coefficient (Wildman–Crippen LogP) is 2.08.